The van der Waals surface area contributed by atoms with Gasteiger partial charge in [-0.15, -0.1) is 0 Å². The molecule has 1 heterocycles. The standard InChI is InChI=1S/C17H23N5O3/c1-10-8-14(6-7-16(10)22(24)25)19-17(23)18-11(2)9-15-12(3)20-21(5)13(15)4/h6-8,11H,9H2,1-5H3,(H2,18,19,23)/t11-/m1/s1. The largest absolute Gasteiger partial charge is 0.335 e. The molecular weight excluding hydrogens is 322 g/mol. The molecule has 134 valence electrons. The van der Waals surface area contributed by atoms with Crippen LogP contribution in [-0.4, -0.2) is 26.8 Å². The Labute approximate surface area is 146 Å². The minimum atomic E-state index is -0.445. The lowest BCUT2D eigenvalue weighted by Gasteiger charge is -2.15. The minimum Gasteiger partial charge on any atom is -0.335 e. The van der Waals surface area contributed by atoms with E-state index in [9.17, 15) is 14.9 Å². The van der Waals surface area contributed by atoms with E-state index in [2.05, 4.69) is 15.7 Å². The van der Waals surface area contributed by atoms with Crippen molar-refractivity contribution in [2.45, 2.75) is 40.2 Å². The average Bonchev–Trinajstić information content (AvgIpc) is 2.73. The first kappa shape index (κ1) is 18.4. The van der Waals surface area contributed by atoms with Crippen LogP contribution in [0.5, 0.6) is 0 Å². The molecule has 1 aromatic carbocycles. The number of urea groups is 1. The summed E-state index contributed by atoms with van der Waals surface area (Å²) in [4.78, 5) is 22.5. The Hall–Kier alpha value is -2.90. The van der Waals surface area contributed by atoms with Crippen molar-refractivity contribution in [2.24, 2.45) is 7.05 Å². The molecule has 8 heteroatoms. The van der Waals surface area contributed by atoms with Crippen molar-refractivity contribution in [1.82, 2.24) is 15.1 Å². The van der Waals surface area contributed by atoms with Crippen molar-refractivity contribution in [3.63, 3.8) is 0 Å². The second-order valence-electron chi connectivity index (χ2n) is 6.23. The predicted molar refractivity (Wildman–Crippen MR) is 95.8 cm³/mol. The fourth-order valence-corrected chi connectivity index (χ4v) is 2.80. The Balaban J connectivity index is 1.98. The molecule has 0 radical (unpaired) electrons. The fourth-order valence-electron chi connectivity index (χ4n) is 2.80. The van der Waals surface area contributed by atoms with Crippen molar-refractivity contribution in [2.75, 3.05) is 5.32 Å². The van der Waals surface area contributed by atoms with Crippen LogP contribution in [0.2, 0.25) is 0 Å². The van der Waals surface area contributed by atoms with Crippen LogP contribution in [-0.2, 0) is 13.5 Å². The molecule has 0 unspecified atom stereocenters. The summed E-state index contributed by atoms with van der Waals surface area (Å²) in [7, 11) is 1.90. The number of nitrogens with zero attached hydrogens (tertiary/aromatic N) is 3. The Kier molecular flexibility index (Phi) is 5.41. The Morgan fingerprint density at radius 2 is 2.04 bits per heavy atom. The van der Waals surface area contributed by atoms with Crippen LogP contribution in [0.4, 0.5) is 16.2 Å². The van der Waals surface area contributed by atoms with Crippen molar-refractivity contribution in [1.29, 1.82) is 0 Å². The number of benzene rings is 1. The van der Waals surface area contributed by atoms with E-state index in [1.165, 1.54) is 12.1 Å². The SMILES string of the molecule is Cc1cc(NC(=O)N[C@H](C)Cc2c(C)nn(C)c2C)ccc1[N+](=O)[O-]. The Morgan fingerprint density at radius 3 is 2.56 bits per heavy atom. The van der Waals surface area contributed by atoms with Crippen molar-refractivity contribution >= 4 is 17.4 Å². The van der Waals surface area contributed by atoms with Crippen LogP contribution in [0.15, 0.2) is 18.2 Å². The molecule has 2 rings (SSSR count). The topological polar surface area (TPSA) is 102 Å². The van der Waals surface area contributed by atoms with E-state index >= 15 is 0 Å². The summed E-state index contributed by atoms with van der Waals surface area (Å²) in [5.41, 5.74) is 4.21. The van der Waals surface area contributed by atoms with Gasteiger partial charge in [0, 0.05) is 36.1 Å². The molecule has 0 spiro atoms. The summed E-state index contributed by atoms with van der Waals surface area (Å²) in [6.45, 7) is 7.51. The zero-order valence-corrected chi connectivity index (χ0v) is 15.1. The number of anilines is 1. The Bertz CT molecular complexity index is 813. The van der Waals surface area contributed by atoms with Gasteiger partial charge < -0.3 is 10.6 Å². The summed E-state index contributed by atoms with van der Waals surface area (Å²) < 4.78 is 1.83. The van der Waals surface area contributed by atoms with Gasteiger partial charge in [0.1, 0.15) is 0 Å². The van der Waals surface area contributed by atoms with Gasteiger partial charge in [0.25, 0.3) is 5.69 Å². The van der Waals surface area contributed by atoms with Crippen molar-refractivity contribution < 1.29 is 9.72 Å². The molecule has 0 saturated carbocycles. The van der Waals surface area contributed by atoms with Gasteiger partial charge in [-0.05, 0) is 51.8 Å². The second kappa shape index (κ2) is 7.33. The normalized spacial score (nSPS) is 11.9. The molecule has 1 aromatic heterocycles. The molecule has 2 aromatic rings. The third-order valence-electron chi connectivity index (χ3n) is 4.20. The van der Waals surface area contributed by atoms with E-state index < -0.39 is 4.92 Å². The summed E-state index contributed by atoms with van der Waals surface area (Å²) in [5, 5.41) is 20.8. The Morgan fingerprint density at radius 1 is 1.36 bits per heavy atom. The van der Waals surface area contributed by atoms with Crippen LogP contribution in [0.25, 0.3) is 0 Å². The number of nitro benzene ring substituents is 1. The number of hydrogen-bond acceptors (Lipinski definition) is 4. The molecule has 2 N–H and O–H groups in total. The maximum Gasteiger partial charge on any atom is 0.319 e. The average molecular weight is 345 g/mol. The predicted octanol–water partition coefficient (Wildman–Crippen LogP) is 3.01. The van der Waals surface area contributed by atoms with Gasteiger partial charge in [-0.3, -0.25) is 14.8 Å². The highest BCUT2D eigenvalue weighted by molar-refractivity contribution is 5.89. The van der Waals surface area contributed by atoms with Gasteiger partial charge in [-0.25, -0.2) is 4.79 Å². The number of hydrogen-bond donors (Lipinski definition) is 2. The molecule has 0 aliphatic rings. The molecule has 0 fully saturated rings. The lowest BCUT2D eigenvalue weighted by Crippen LogP contribution is -2.37. The summed E-state index contributed by atoms with van der Waals surface area (Å²) in [6.07, 6.45) is 0.679. The molecule has 0 aliphatic carbocycles. The van der Waals surface area contributed by atoms with Gasteiger partial charge in [0.2, 0.25) is 0 Å². The fraction of sp³-hybridized carbons (Fsp3) is 0.412. The maximum absolute atomic E-state index is 12.1. The van der Waals surface area contributed by atoms with Crippen LogP contribution >= 0.6 is 0 Å². The number of nitro groups is 1. The molecular formula is C17H23N5O3. The first-order valence-corrected chi connectivity index (χ1v) is 8.00. The van der Waals surface area contributed by atoms with Gasteiger partial charge in [0.05, 0.1) is 10.6 Å². The highest BCUT2D eigenvalue weighted by atomic mass is 16.6. The third-order valence-corrected chi connectivity index (χ3v) is 4.20. The van der Waals surface area contributed by atoms with Crippen LogP contribution < -0.4 is 10.6 Å². The van der Waals surface area contributed by atoms with E-state index in [4.69, 9.17) is 0 Å². The van der Waals surface area contributed by atoms with Crippen LogP contribution in [0.3, 0.4) is 0 Å². The summed E-state index contributed by atoms with van der Waals surface area (Å²) >= 11 is 0. The van der Waals surface area contributed by atoms with E-state index in [1.54, 1.807) is 13.0 Å². The first-order chi connectivity index (χ1) is 11.7. The van der Waals surface area contributed by atoms with Gasteiger partial charge in [-0.2, -0.15) is 5.10 Å². The monoisotopic (exact) mass is 345 g/mol. The second-order valence-corrected chi connectivity index (χ2v) is 6.23. The molecule has 0 bridgehead atoms. The molecule has 25 heavy (non-hydrogen) atoms. The highest BCUT2D eigenvalue weighted by Crippen LogP contribution is 2.21. The maximum atomic E-state index is 12.1. The van der Waals surface area contributed by atoms with Crippen LogP contribution in [0.1, 0.15) is 29.4 Å². The number of aryl methyl sites for hydroxylation is 3. The van der Waals surface area contributed by atoms with E-state index in [0.717, 1.165) is 17.0 Å². The quantitative estimate of drug-likeness (QED) is 0.642. The van der Waals surface area contributed by atoms with Crippen molar-refractivity contribution in [3.05, 3.63) is 50.8 Å². The third kappa shape index (κ3) is 4.34. The smallest absolute Gasteiger partial charge is 0.319 e. The zero-order chi connectivity index (χ0) is 18.7. The number of nitrogens with one attached hydrogen (secondary N) is 2. The highest BCUT2D eigenvalue weighted by Gasteiger charge is 2.15. The lowest BCUT2D eigenvalue weighted by molar-refractivity contribution is -0.385. The van der Waals surface area contributed by atoms with E-state index in [1.807, 2.05) is 32.5 Å². The minimum absolute atomic E-state index is 0.0295. The zero-order valence-electron chi connectivity index (χ0n) is 15.1. The molecule has 0 saturated heterocycles. The van der Waals surface area contributed by atoms with Gasteiger partial charge >= 0.3 is 6.03 Å². The molecule has 0 aliphatic heterocycles. The summed E-state index contributed by atoms with van der Waals surface area (Å²) in [5.74, 6) is 0. The van der Waals surface area contributed by atoms with Gasteiger partial charge in [0.15, 0.2) is 0 Å². The number of rotatable bonds is 5. The van der Waals surface area contributed by atoms with Crippen LogP contribution in [0, 0.1) is 30.9 Å². The first-order valence-electron chi connectivity index (χ1n) is 8.00. The number of carbonyl (C=O) groups excluding carboxylic acids is 1. The van der Waals surface area contributed by atoms with E-state index in [0.29, 0.717) is 17.7 Å². The summed E-state index contributed by atoms with van der Waals surface area (Å²) in [6, 6.07) is 4.06. The van der Waals surface area contributed by atoms with Crippen molar-refractivity contribution in [3.8, 4) is 0 Å². The number of aromatic nitrogens is 2. The molecule has 1 atom stereocenters. The number of amides is 2. The lowest BCUT2D eigenvalue weighted by atomic mass is 10.1. The number of carbonyl (C=O) groups is 1. The molecule has 2 amide bonds. The van der Waals surface area contributed by atoms with Gasteiger partial charge in [-0.1, -0.05) is 0 Å². The van der Waals surface area contributed by atoms with E-state index in [-0.39, 0.29) is 17.8 Å². The molecule has 8 nitrogen and oxygen atoms in total.